The molecule has 16 atom stereocenters. The fraction of sp³-hybridized carbons (Fsp3) is 0.733. The summed E-state index contributed by atoms with van der Waals surface area (Å²) < 4.78 is 77.8. The molecule has 0 radical (unpaired) electrons. The van der Waals surface area contributed by atoms with Crippen molar-refractivity contribution < 1.29 is 65.6 Å². The quantitative estimate of drug-likeness (QED) is 0.210. The summed E-state index contributed by atoms with van der Waals surface area (Å²) in [5.41, 5.74) is -0.0838. The standard InChI is InChI=1S/C45H67NO14S/c1-11-25(4)39-28(7)17-18-44(59-39)22-33-20-32(58-44)16-15-27(6)38(57-36-21-35(53-10)40(30(9)55-36)60-61(51,52)46-42(48)24(2)3)26(5)13-12-14-31-23-54-41-37(47)29(8)19-34(43(49)56-33)45(31,41)50/h12-15,17-19,24-26,28,30,32-41,47,50H,11,16,20-23H2,1-10H3,(H,46,48)/t25?,26-,28-,30-,32+,33-,34-,35-,36-,37+,38-,39+,40?,41?,44+,45+/m0/s1. The van der Waals surface area contributed by atoms with Crippen LogP contribution in [0.4, 0.5) is 0 Å². The number of allylic oxidation sites excluding steroid dienone is 2. The molecule has 2 bridgehead atoms. The highest BCUT2D eigenvalue weighted by Crippen LogP contribution is 2.47. The molecule has 0 saturated carbocycles. The molecular weight excluding hydrogens is 811 g/mol. The number of hydrogen-bond acceptors (Lipinski definition) is 14. The fourth-order valence-electron chi connectivity index (χ4n) is 9.41. The van der Waals surface area contributed by atoms with Crippen LogP contribution in [-0.2, 0) is 57.2 Å². The lowest BCUT2D eigenvalue weighted by molar-refractivity contribution is -0.300. The van der Waals surface area contributed by atoms with E-state index in [1.165, 1.54) is 7.11 Å². The van der Waals surface area contributed by atoms with Crippen LogP contribution in [0, 0.1) is 29.6 Å². The number of ether oxygens (including phenoxy) is 7. The third kappa shape index (κ3) is 10.3. The number of carbonyl (C=O) groups is 2. The van der Waals surface area contributed by atoms with Crippen molar-refractivity contribution in [3.05, 3.63) is 59.3 Å². The van der Waals surface area contributed by atoms with Crippen LogP contribution in [0.5, 0.6) is 0 Å². The SMILES string of the molecule is CCC(C)[C@H]1O[C@]2(C=C[C@@H]1C)C[C@@H]1C[C@@H](CC=C(C)[C@@H](O[C@H]3C[C@H](OC)C(OS(=O)(=O)NC(=O)C(C)C)[C@H](C)O3)[C@@H](C)C=CC=C3COC4[C@H](O)C(C)=C[C@@H](C(=O)O1)[C@]34O)O2. The van der Waals surface area contributed by atoms with Crippen molar-refractivity contribution in [1.82, 2.24) is 4.72 Å². The molecule has 0 aromatic rings. The van der Waals surface area contributed by atoms with Crippen LogP contribution in [0.15, 0.2) is 59.3 Å². The minimum Gasteiger partial charge on any atom is -0.462 e. The molecule has 16 heteroatoms. The minimum absolute atomic E-state index is 0.0106. The number of aliphatic hydroxyl groups is 2. The maximum atomic E-state index is 14.3. The van der Waals surface area contributed by atoms with Crippen molar-refractivity contribution in [3.8, 4) is 0 Å². The van der Waals surface area contributed by atoms with Crippen molar-refractivity contribution >= 4 is 22.2 Å². The van der Waals surface area contributed by atoms with E-state index >= 15 is 0 Å². The summed E-state index contributed by atoms with van der Waals surface area (Å²) >= 11 is 0. The molecule has 3 unspecified atom stereocenters. The Morgan fingerprint density at radius 2 is 1.79 bits per heavy atom. The molecule has 5 aliphatic heterocycles. The third-order valence-corrected chi connectivity index (χ3v) is 14.2. The first-order chi connectivity index (χ1) is 28.7. The molecule has 1 amide bonds. The average Bonchev–Trinajstić information content (AvgIpc) is 3.54. The summed E-state index contributed by atoms with van der Waals surface area (Å²) in [4.78, 5) is 26.5. The van der Waals surface area contributed by atoms with Crippen molar-refractivity contribution in [1.29, 1.82) is 0 Å². The fourth-order valence-corrected chi connectivity index (χ4v) is 10.5. The number of aliphatic hydroxyl groups excluding tert-OH is 1. The lowest BCUT2D eigenvalue weighted by atomic mass is 9.71. The highest BCUT2D eigenvalue weighted by Gasteiger charge is 2.60. The van der Waals surface area contributed by atoms with Crippen molar-refractivity contribution in [3.63, 3.8) is 0 Å². The zero-order chi connectivity index (χ0) is 44.6. The van der Waals surface area contributed by atoms with Gasteiger partial charge in [-0.2, -0.15) is 8.42 Å². The summed E-state index contributed by atoms with van der Waals surface area (Å²) in [5, 5.41) is 23.6. The van der Waals surface area contributed by atoms with E-state index in [-0.39, 0.29) is 43.3 Å². The Kier molecular flexibility index (Phi) is 15.0. The Balaban J connectivity index is 1.33. The molecule has 5 heterocycles. The van der Waals surface area contributed by atoms with Gasteiger partial charge in [-0.1, -0.05) is 84.4 Å². The van der Waals surface area contributed by atoms with Crippen LogP contribution in [0.2, 0.25) is 0 Å². The summed E-state index contributed by atoms with van der Waals surface area (Å²) in [6.45, 7) is 16.8. The molecule has 6 rings (SSSR count). The summed E-state index contributed by atoms with van der Waals surface area (Å²) in [5.74, 6) is -4.10. The van der Waals surface area contributed by atoms with Crippen molar-refractivity contribution in [2.45, 2.75) is 167 Å². The van der Waals surface area contributed by atoms with Gasteiger partial charge >= 0.3 is 16.3 Å². The Labute approximate surface area is 361 Å². The molecule has 15 nitrogen and oxygen atoms in total. The second kappa shape index (κ2) is 19.1. The van der Waals surface area contributed by atoms with E-state index in [0.29, 0.717) is 24.0 Å². The monoisotopic (exact) mass is 877 g/mol. The van der Waals surface area contributed by atoms with Crippen LogP contribution < -0.4 is 4.72 Å². The number of rotatable bonds is 9. The minimum atomic E-state index is -4.47. The molecule has 61 heavy (non-hydrogen) atoms. The van der Waals surface area contributed by atoms with Gasteiger partial charge < -0.3 is 43.4 Å². The molecule has 342 valence electrons. The van der Waals surface area contributed by atoms with Gasteiger partial charge in [-0.3, -0.25) is 9.59 Å². The average molecular weight is 878 g/mol. The number of amides is 1. The van der Waals surface area contributed by atoms with E-state index in [9.17, 15) is 28.2 Å². The predicted octanol–water partition coefficient (Wildman–Crippen LogP) is 4.88. The van der Waals surface area contributed by atoms with E-state index in [4.69, 9.17) is 37.3 Å². The Morgan fingerprint density at radius 3 is 2.48 bits per heavy atom. The zero-order valence-electron chi connectivity index (χ0n) is 37.1. The van der Waals surface area contributed by atoms with Crippen molar-refractivity contribution in [2.24, 2.45) is 29.6 Å². The molecule has 3 saturated heterocycles. The van der Waals surface area contributed by atoms with Gasteiger partial charge in [0.2, 0.25) is 5.91 Å². The third-order valence-electron chi connectivity index (χ3n) is 13.2. The molecule has 3 N–H and O–H groups in total. The number of methoxy groups -OCH3 is 1. The highest BCUT2D eigenvalue weighted by atomic mass is 32.2. The van der Waals surface area contributed by atoms with Gasteiger partial charge in [0.15, 0.2) is 12.1 Å². The number of fused-ring (bicyclic) bond motifs is 2. The van der Waals surface area contributed by atoms with E-state index in [1.54, 1.807) is 45.9 Å². The zero-order valence-corrected chi connectivity index (χ0v) is 38.0. The molecule has 0 aromatic carbocycles. The van der Waals surface area contributed by atoms with Crippen molar-refractivity contribution in [2.75, 3.05) is 13.7 Å². The van der Waals surface area contributed by atoms with Gasteiger partial charge in [-0.25, -0.2) is 8.91 Å². The van der Waals surface area contributed by atoms with Crippen LogP contribution in [0.1, 0.15) is 94.4 Å². The van der Waals surface area contributed by atoms with E-state index in [0.717, 1.165) is 12.0 Å². The van der Waals surface area contributed by atoms with Crippen LogP contribution >= 0.6 is 0 Å². The molecular formula is C45H67NO14S. The van der Waals surface area contributed by atoms with Gasteiger partial charge in [0.1, 0.15) is 35.9 Å². The van der Waals surface area contributed by atoms with Crippen LogP contribution in [-0.4, -0.2) is 117 Å². The number of hydrogen-bond donors (Lipinski definition) is 3. The Morgan fingerprint density at radius 1 is 1.05 bits per heavy atom. The first kappa shape index (κ1) is 47.7. The van der Waals surface area contributed by atoms with Crippen LogP contribution in [0.25, 0.3) is 0 Å². The number of carbonyl (C=O) groups excluding carboxylic acids is 2. The summed E-state index contributed by atoms with van der Waals surface area (Å²) in [7, 11) is -3.02. The van der Waals surface area contributed by atoms with E-state index in [1.807, 2.05) is 30.7 Å². The first-order valence-electron chi connectivity index (χ1n) is 21.8. The lowest BCUT2D eigenvalue weighted by Gasteiger charge is -2.48. The highest BCUT2D eigenvalue weighted by molar-refractivity contribution is 7.85. The second-order valence-electron chi connectivity index (χ2n) is 18.2. The Bertz CT molecular complexity index is 1880. The number of esters is 1. The summed E-state index contributed by atoms with van der Waals surface area (Å²) in [6, 6.07) is 0. The molecule has 3 fully saturated rings. The molecule has 0 aromatic heterocycles. The van der Waals surface area contributed by atoms with Gasteiger partial charge in [0.25, 0.3) is 0 Å². The van der Waals surface area contributed by atoms with E-state index in [2.05, 4.69) is 32.9 Å². The second-order valence-corrected chi connectivity index (χ2v) is 19.5. The summed E-state index contributed by atoms with van der Waals surface area (Å²) in [6.07, 6.45) is 7.72. The van der Waals surface area contributed by atoms with E-state index < -0.39 is 101 Å². The molecule has 1 spiro atoms. The number of nitrogens with one attached hydrogen (secondary N) is 1. The van der Waals surface area contributed by atoms with Gasteiger partial charge in [0.05, 0.1) is 37.1 Å². The maximum Gasteiger partial charge on any atom is 0.362 e. The normalized spacial score (nSPS) is 41.4. The topological polar surface area (TPSA) is 195 Å². The van der Waals surface area contributed by atoms with Crippen LogP contribution in [0.3, 0.4) is 0 Å². The lowest BCUT2D eigenvalue weighted by Crippen LogP contribution is -2.58. The van der Waals surface area contributed by atoms with Gasteiger partial charge in [0, 0.05) is 44.1 Å². The van der Waals surface area contributed by atoms with Gasteiger partial charge in [-0.05, 0) is 55.9 Å². The first-order valence-corrected chi connectivity index (χ1v) is 23.2. The predicted molar refractivity (Wildman–Crippen MR) is 223 cm³/mol. The molecule has 6 aliphatic rings. The maximum absolute atomic E-state index is 14.3. The largest absolute Gasteiger partial charge is 0.462 e. The Hall–Kier alpha value is -2.77. The smallest absolute Gasteiger partial charge is 0.362 e. The molecule has 1 aliphatic carbocycles. The van der Waals surface area contributed by atoms with Gasteiger partial charge in [-0.15, -0.1) is 0 Å².